The van der Waals surface area contributed by atoms with Crippen LogP contribution in [0.2, 0.25) is 0 Å². The lowest BCUT2D eigenvalue weighted by Gasteiger charge is -2.16. The third-order valence-corrected chi connectivity index (χ3v) is 3.89. The molecule has 0 fully saturated rings. The van der Waals surface area contributed by atoms with Crippen LogP contribution in [0.3, 0.4) is 0 Å². The largest absolute Gasteiger partial charge is 0.493 e. The van der Waals surface area contributed by atoms with E-state index in [9.17, 15) is 5.11 Å². The lowest BCUT2D eigenvalue weighted by atomic mass is 10.0. The van der Waals surface area contributed by atoms with Crippen LogP contribution in [-0.2, 0) is 7.05 Å². The summed E-state index contributed by atoms with van der Waals surface area (Å²) < 4.78 is 7.83. The molecule has 1 aromatic carbocycles. The molecule has 0 saturated carbocycles. The van der Waals surface area contributed by atoms with Crippen molar-refractivity contribution in [3.63, 3.8) is 0 Å². The van der Waals surface area contributed by atoms with Gasteiger partial charge in [-0.3, -0.25) is 4.68 Å². The van der Waals surface area contributed by atoms with Crippen molar-refractivity contribution >= 4 is 15.9 Å². The molecule has 1 N–H and O–H groups in total. The molecule has 1 unspecified atom stereocenters. The van der Waals surface area contributed by atoms with E-state index in [1.54, 1.807) is 25.0 Å². The number of ether oxygens (including phenoxy) is 1. The molecule has 0 bridgehead atoms. The van der Waals surface area contributed by atoms with E-state index in [-0.39, 0.29) is 0 Å². The van der Waals surface area contributed by atoms with Crippen LogP contribution in [0.1, 0.15) is 22.9 Å². The quantitative estimate of drug-likeness (QED) is 0.948. The van der Waals surface area contributed by atoms with E-state index in [1.807, 2.05) is 25.1 Å². The molecular formula is C13H15BrN2O2. The molecule has 18 heavy (non-hydrogen) atoms. The van der Waals surface area contributed by atoms with E-state index < -0.39 is 6.10 Å². The first kappa shape index (κ1) is 13.1. The van der Waals surface area contributed by atoms with E-state index in [2.05, 4.69) is 21.0 Å². The SMILES string of the molecule is COc1cnn(C)c1C(O)c1cccc(Br)c1C. The van der Waals surface area contributed by atoms with Gasteiger partial charge in [-0.25, -0.2) is 0 Å². The van der Waals surface area contributed by atoms with Crippen molar-refractivity contribution in [2.45, 2.75) is 13.0 Å². The molecule has 0 aliphatic carbocycles. The monoisotopic (exact) mass is 310 g/mol. The van der Waals surface area contributed by atoms with Gasteiger partial charge in [0, 0.05) is 11.5 Å². The first-order valence-corrected chi connectivity index (χ1v) is 6.34. The maximum Gasteiger partial charge on any atom is 0.162 e. The number of methoxy groups -OCH3 is 1. The number of halogens is 1. The Hall–Kier alpha value is -1.33. The van der Waals surface area contributed by atoms with Gasteiger partial charge in [-0.2, -0.15) is 5.10 Å². The van der Waals surface area contributed by atoms with E-state index in [4.69, 9.17) is 4.74 Å². The molecule has 2 rings (SSSR count). The molecule has 0 spiro atoms. The highest BCUT2D eigenvalue weighted by Crippen LogP contribution is 2.33. The second kappa shape index (κ2) is 5.12. The van der Waals surface area contributed by atoms with Crippen molar-refractivity contribution in [1.29, 1.82) is 0 Å². The summed E-state index contributed by atoms with van der Waals surface area (Å²) in [6.45, 7) is 1.96. The highest BCUT2D eigenvalue weighted by atomic mass is 79.9. The Kier molecular flexibility index (Phi) is 3.73. The van der Waals surface area contributed by atoms with Gasteiger partial charge in [-0.15, -0.1) is 0 Å². The van der Waals surface area contributed by atoms with Crippen LogP contribution in [0.25, 0.3) is 0 Å². The van der Waals surface area contributed by atoms with Crippen LogP contribution >= 0.6 is 15.9 Å². The molecule has 5 heteroatoms. The van der Waals surface area contributed by atoms with Crippen LogP contribution in [-0.4, -0.2) is 22.0 Å². The lowest BCUT2D eigenvalue weighted by molar-refractivity contribution is 0.203. The van der Waals surface area contributed by atoms with Crippen molar-refractivity contribution in [3.8, 4) is 5.75 Å². The van der Waals surface area contributed by atoms with Gasteiger partial charge in [0.25, 0.3) is 0 Å². The molecule has 1 heterocycles. The Balaban J connectivity index is 2.51. The number of hydrogen-bond donors (Lipinski definition) is 1. The second-order valence-corrected chi connectivity index (χ2v) is 4.93. The number of nitrogens with zero attached hydrogens (tertiary/aromatic N) is 2. The smallest absolute Gasteiger partial charge is 0.162 e. The fourth-order valence-electron chi connectivity index (χ4n) is 1.96. The summed E-state index contributed by atoms with van der Waals surface area (Å²) in [6.07, 6.45) is 0.844. The zero-order valence-electron chi connectivity index (χ0n) is 10.5. The predicted octanol–water partition coefficient (Wildman–Crippen LogP) is 2.58. The molecule has 1 aromatic heterocycles. The Morgan fingerprint density at radius 3 is 2.83 bits per heavy atom. The van der Waals surface area contributed by atoms with E-state index in [0.29, 0.717) is 11.4 Å². The molecular weight excluding hydrogens is 296 g/mol. The van der Waals surface area contributed by atoms with Crippen LogP contribution < -0.4 is 4.74 Å². The molecule has 96 valence electrons. The molecule has 2 aromatic rings. The molecule has 0 aliphatic rings. The maximum absolute atomic E-state index is 10.5. The standard InChI is InChI=1S/C13H15BrN2O2/c1-8-9(5-4-6-10(8)14)13(17)12-11(18-3)7-15-16(12)2/h4-7,13,17H,1-3H3. The minimum absolute atomic E-state index is 0.587. The Morgan fingerprint density at radius 2 is 2.17 bits per heavy atom. The normalized spacial score (nSPS) is 12.5. The summed E-state index contributed by atoms with van der Waals surface area (Å²) in [4.78, 5) is 0. The van der Waals surface area contributed by atoms with Crippen LogP contribution in [0.5, 0.6) is 5.75 Å². The van der Waals surface area contributed by atoms with Crippen molar-refractivity contribution < 1.29 is 9.84 Å². The third-order valence-electron chi connectivity index (χ3n) is 3.03. The number of benzene rings is 1. The van der Waals surface area contributed by atoms with Gasteiger partial charge in [0.15, 0.2) is 5.75 Å². The van der Waals surface area contributed by atoms with Gasteiger partial charge >= 0.3 is 0 Å². The molecule has 0 amide bonds. The first-order chi connectivity index (χ1) is 8.56. The van der Waals surface area contributed by atoms with Crippen molar-refractivity contribution in [2.75, 3.05) is 7.11 Å². The molecule has 1 atom stereocenters. The van der Waals surface area contributed by atoms with E-state index in [0.717, 1.165) is 15.6 Å². The average molecular weight is 311 g/mol. The topological polar surface area (TPSA) is 47.3 Å². The summed E-state index contributed by atoms with van der Waals surface area (Å²) >= 11 is 3.47. The summed E-state index contributed by atoms with van der Waals surface area (Å²) in [6, 6.07) is 5.75. The Labute approximate surface area is 114 Å². The van der Waals surface area contributed by atoms with Gasteiger partial charge < -0.3 is 9.84 Å². The first-order valence-electron chi connectivity index (χ1n) is 5.55. The molecule has 0 aliphatic heterocycles. The van der Waals surface area contributed by atoms with Crippen LogP contribution in [0.4, 0.5) is 0 Å². The number of rotatable bonds is 3. The number of aryl methyl sites for hydroxylation is 1. The van der Waals surface area contributed by atoms with Gasteiger partial charge in [-0.05, 0) is 24.1 Å². The third kappa shape index (κ3) is 2.15. The summed E-state index contributed by atoms with van der Waals surface area (Å²) in [5.41, 5.74) is 2.50. The highest BCUT2D eigenvalue weighted by Gasteiger charge is 2.22. The minimum atomic E-state index is -0.759. The maximum atomic E-state index is 10.5. The second-order valence-electron chi connectivity index (χ2n) is 4.08. The predicted molar refractivity (Wildman–Crippen MR) is 72.7 cm³/mol. The molecule has 0 saturated heterocycles. The van der Waals surface area contributed by atoms with Gasteiger partial charge in [0.2, 0.25) is 0 Å². The van der Waals surface area contributed by atoms with Gasteiger partial charge in [-0.1, -0.05) is 28.1 Å². The van der Waals surface area contributed by atoms with Gasteiger partial charge in [0.05, 0.1) is 13.3 Å². The number of aliphatic hydroxyl groups is 1. The fraction of sp³-hybridized carbons (Fsp3) is 0.308. The molecule has 4 nitrogen and oxygen atoms in total. The zero-order valence-corrected chi connectivity index (χ0v) is 12.1. The summed E-state index contributed by atoms with van der Waals surface area (Å²) in [5, 5.41) is 14.6. The summed E-state index contributed by atoms with van der Waals surface area (Å²) in [5.74, 6) is 0.587. The van der Waals surface area contributed by atoms with E-state index >= 15 is 0 Å². The number of hydrogen-bond acceptors (Lipinski definition) is 3. The molecule has 0 radical (unpaired) electrons. The zero-order chi connectivity index (χ0) is 13.3. The highest BCUT2D eigenvalue weighted by molar-refractivity contribution is 9.10. The van der Waals surface area contributed by atoms with E-state index in [1.165, 1.54) is 0 Å². The number of aromatic nitrogens is 2. The van der Waals surface area contributed by atoms with Gasteiger partial charge in [0.1, 0.15) is 11.8 Å². The minimum Gasteiger partial charge on any atom is -0.493 e. The average Bonchev–Trinajstić information content (AvgIpc) is 2.73. The Bertz CT molecular complexity index is 566. The van der Waals surface area contributed by atoms with Crippen LogP contribution in [0, 0.1) is 6.92 Å². The van der Waals surface area contributed by atoms with Crippen molar-refractivity contribution in [2.24, 2.45) is 7.05 Å². The Morgan fingerprint density at radius 1 is 1.44 bits per heavy atom. The van der Waals surface area contributed by atoms with Crippen molar-refractivity contribution in [1.82, 2.24) is 9.78 Å². The lowest BCUT2D eigenvalue weighted by Crippen LogP contribution is -2.09. The number of aliphatic hydroxyl groups excluding tert-OH is 1. The fourth-order valence-corrected chi connectivity index (χ4v) is 2.35. The van der Waals surface area contributed by atoms with Crippen molar-refractivity contribution in [3.05, 3.63) is 45.7 Å². The van der Waals surface area contributed by atoms with Crippen LogP contribution in [0.15, 0.2) is 28.9 Å². The summed E-state index contributed by atoms with van der Waals surface area (Å²) in [7, 11) is 3.36.